The summed E-state index contributed by atoms with van der Waals surface area (Å²) >= 11 is 0. The van der Waals surface area contributed by atoms with Crippen molar-refractivity contribution in [2.45, 2.75) is 25.3 Å². The molecule has 1 heterocycles. The molecule has 2 atom stereocenters. The number of amides is 1. The molecule has 0 aromatic carbocycles. The Kier molecular flexibility index (Phi) is 0.678. The quantitative estimate of drug-likeness (QED) is 0.478. The number of carbonyl (C=O) groups is 1. The summed E-state index contributed by atoms with van der Waals surface area (Å²) in [5.41, 5.74) is 0. The Labute approximate surface area is 48.3 Å². The molecule has 2 unspecified atom stereocenters. The van der Waals surface area contributed by atoms with Gasteiger partial charge in [0.15, 0.2) is 0 Å². The van der Waals surface area contributed by atoms with Crippen LogP contribution in [-0.4, -0.2) is 11.9 Å². The molecule has 1 saturated carbocycles. The molecule has 2 rings (SSSR count). The molecule has 2 fully saturated rings. The van der Waals surface area contributed by atoms with Crippen molar-refractivity contribution < 1.29 is 4.79 Å². The van der Waals surface area contributed by atoms with Crippen LogP contribution in [0.5, 0.6) is 0 Å². The summed E-state index contributed by atoms with van der Waals surface area (Å²) in [6.45, 7) is 0. The van der Waals surface area contributed by atoms with E-state index in [-0.39, 0.29) is 5.91 Å². The van der Waals surface area contributed by atoms with E-state index in [1.54, 1.807) is 0 Å². The zero-order valence-electron chi connectivity index (χ0n) is 4.68. The molecule has 1 aliphatic heterocycles. The maximum atomic E-state index is 10.6. The van der Waals surface area contributed by atoms with E-state index in [4.69, 9.17) is 0 Å². The fourth-order valence-corrected chi connectivity index (χ4v) is 1.51. The largest absolute Gasteiger partial charge is 0.353 e. The van der Waals surface area contributed by atoms with Gasteiger partial charge in [0.1, 0.15) is 0 Å². The predicted molar refractivity (Wildman–Crippen MR) is 29.3 cm³/mol. The molecular weight excluding hydrogens is 102 g/mol. The normalized spacial score (nSPS) is 42.8. The highest BCUT2D eigenvalue weighted by atomic mass is 16.2. The molecule has 44 valence electrons. The first-order chi connectivity index (χ1) is 3.86. The molecule has 2 aliphatic rings. The van der Waals surface area contributed by atoms with Gasteiger partial charge in [0.05, 0.1) is 0 Å². The van der Waals surface area contributed by atoms with E-state index in [0.717, 1.165) is 6.42 Å². The third-order valence-electron chi connectivity index (χ3n) is 2.21. The van der Waals surface area contributed by atoms with Crippen molar-refractivity contribution in [2.24, 2.45) is 5.92 Å². The minimum atomic E-state index is 0.262. The van der Waals surface area contributed by atoms with Gasteiger partial charge in [-0.2, -0.15) is 0 Å². The van der Waals surface area contributed by atoms with Crippen LogP contribution in [0.1, 0.15) is 19.3 Å². The first-order valence-electron chi connectivity index (χ1n) is 3.15. The Morgan fingerprint density at radius 2 is 2.38 bits per heavy atom. The molecule has 2 nitrogen and oxygen atoms in total. The van der Waals surface area contributed by atoms with Gasteiger partial charge in [-0.05, 0) is 18.8 Å². The lowest BCUT2D eigenvalue weighted by molar-refractivity contribution is -0.119. The minimum Gasteiger partial charge on any atom is -0.353 e. The molecule has 0 radical (unpaired) electrons. The summed E-state index contributed by atoms with van der Waals surface area (Å²) in [6, 6.07) is 0.572. The van der Waals surface area contributed by atoms with Crippen LogP contribution >= 0.6 is 0 Å². The van der Waals surface area contributed by atoms with Crippen LogP contribution in [0.4, 0.5) is 0 Å². The van der Waals surface area contributed by atoms with E-state index >= 15 is 0 Å². The average molecular weight is 111 g/mol. The Bertz CT molecular complexity index is 118. The van der Waals surface area contributed by atoms with Crippen molar-refractivity contribution in [1.29, 1.82) is 0 Å². The van der Waals surface area contributed by atoms with Crippen molar-refractivity contribution in [1.82, 2.24) is 5.32 Å². The second-order valence-corrected chi connectivity index (χ2v) is 2.72. The summed E-state index contributed by atoms with van der Waals surface area (Å²) in [7, 11) is 0. The topological polar surface area (TPSA) is 29.1 Å². The smallest absolute Gasteiger partial charge is 0.220 e. The van der Waals surface area contributed by atoms with Crippen molar-refractivity contribution in [2.75, 3.05) is 0 Å². The fourth-order valence-electron chi connectivity index (χ4n) is 1.51. The van der Waals surface area contributed by atoms with Gasteiger partial charge in [0.25, 0.3) is 0 Å². The molecule has 1 amide bonds. The second-order valence-electron chi connectivity index (χ2n) is 2.72. The molecule has 2 heteroatoms. The van der Waals surface area contributed by atoms with E-state index < -0.39 is 0 Å². The van der Waals surface area contributed by atoms with Gasteiger partial charge in [-0.25, -0.2) is 0 Å². The lowest BCUT2D eigenvalue weighted by Crippen LogP contribution is -2.36. The maximum absolute atomic E-state index is 10.6. The second kappa shape index (κ2) is 1.24. The predicted octanol–water partition coefficient (Wildman–Crippen LogP) is 0.285. The molecule has 1 aliphatic carbocycles. The first kappa shape index (κ1) is 4.36. The van der Waals surface area contributed by atoms with Crippen LogP contribution in [0.3, 0.4) is 0 Å². The van der Waals surface area contributed by atoms with Gasteiger partial charge in [-0.1, -0.05) is 0 Å². The number of hydrogen-bond donors (Lipinski definition) is 1. The third-order valence-corrected chi connectivity index (χ3v) is 2.21. The van der Waals surface area contributed by atoms with Crippen LogP contribution in [0.15, 0.2) is 0 Å². The number of hydrogen-bond acceptors (Lipinski definition) is 1. The van der Waals surface area contributed by atoms with Crippen molar-refractivity contribution in [3.05, 3.63) is 0 Å². The van der Waals surface area contributed by atoms with Crippen LogP contribution in [0.2, 0.25) is 0 Å². The van der Waals surface area contributed by atoms with Crippen LogP contribution in [0.25, 0.3) is 0 Å². The van der Waals surface area contributed by atoms with Gasteiger partial charge in [0, 0.05) is 12.5 Å². The molecular formula is C6H9NO. The molecule has 1 saturated heterocycles. The van der Waals surface area contributed by atoms with Gasteiger partial charge < -0.3 is 5.32 Å². The van der Waals surface area contributed by atoms with E-state index in [1.807, 2.05) is 0 Å². The van der Waals surface area contributed by atoms with Crippen LogP contribution < -0.4 is 5.32 Å². The standard InChI is InChI=1S/C6H9NO/c8-6-3-4-1-2-5(4)7-6/h4-5H,1-3H2,(H,7,8). The maximum Gasteiger partial charge on any atom is 0.220 e. The number of fused-ring (bicyclic) bond motifs is 1. The summed E-state index contributed by atoms with van der Waals surface area (Å²) in [4.78, 5) is 10.6. The molecule has 8 heavy (non-hydrogen) atoms. The average Bonchev–Trinajstić information content (AvgIpc) is 1.91. The Hall–Kier alpha value is -0.530. The summed E-state index contributed by atoms with van der Waals surface area (Å²) in [5, 5.41) is 2.91. The molecule has 1 N–H and O–H groups in total. The summed E-state index contributed by atoms with van der Waals surface area (Å²) in [5.74, 6) is 0.972. The number of nitrogens with one attached hydrogen (secondary N) is 1. The zero-order valence-corrected chi connectivity index (χ0v) is 4.68. The Balaban J connectivity index is 2.10. The lowest BCUT2D eigenvalue weighted by atomic mass is 9.81. The number of rotatable bonds is 0. The lowest BCUT2D eigenvalue weighted by Gasteiger charge is -2.28. The van der Waals surface area contributed by atoms with E-state index in [2.05, 4.69) is 5.32 Å². The Morgan fingerprint density at radius 3 is 2.62 bits per heavy atom. The Morgan fingerprint density at radius 1 is 1.50 bits per heavy atom. The highest BCUT2D eigenvalue weighted by Gasteiger charge is 2.38. The van der Waals surface area contributed by atoms with Crippen molar-refractivity contribution in [3.8, 4) is 0 Å². The zero-order chi connectivity index (χ0) is 5.56. The molecule has 0 aromatic rings. The van der Waals surface area contributed by atoms with Crippen molar-refractivity contribution >= 4 is 5.91 Å². The third kappa shape index (κ3) is 0.403. The molecule has 0 bridgehead atoms. The SMILES string of the molecule is O=C1CC2CCC2N1. The van der Waals surface area contributed by atoms with E-state index in [9.17, 15) is 4.79 Å². The van der Waals surface area contributed by atoms with E-state index in [1.165, 1.54) is 12.8 Å². The van der Waals surface area contributed by atoms with Gasteiger partial charge in [0.2, 0.25) is 5.91 Å². The van der Waals surface area contributed by atoms with Crippen LogP contribution in [-0.2, 0) is 4.79 Å². The number of carbonyl (C=O) groups excluding carboxylic acids is 1. The fraction of sp³-hybridized carbons (Fsp3) is 0.833. The van der Waals surface area contributed by atoms with Gasteiger partial charge >= 0.3 is 0 Å². The monoisotopic (exact) mass is 111 g/mol. The highest BCUT2D eigenvalue weighted by molar-refractivity contribution is 5.79. The van der Waals surface area contributed by atoms with Crippen molar-refractivity contribution in [3.63, 3.8) is 0 Å². The van der Waals surface area contributed by atoms with Gasteiger partial charge in [-0.15, -0.1) is 0 Å². The van der Waals surface area contributed by atoms with Crippen LogP contribution in [0, 0.1) is 5.92 Å². The summed E-state index contributed by atoms with van der Waals surface area (Å²) < 4.78 is 0. The first-order valence-corrected chi connectivity index (χ1v) is 3.15. The summed E-state index contributed by atoms with van der Waals surface area (Å²) in [6.07, 6.45) is 3.28. The highest BCUT2D eigenvalue weighted by Crippen LogP contribution is 2.34. The minimum absolute atomic E-state index is 0.262. The molecule has 0 aromatic heterocycles. The molecule has 0 spiro atoms. The van der Waals surface area contributed by atoms with Gasteiger partial charge in [-0.3, -0.25) is 4.79 Å². The van der Waals surface area contributed by atoms with E-state index in [0.29, 0.717) is 12.0 Å².